The van der Waals surface area contributed by atoms with Crippen molar-refractivity contribution in [2.45, 2.75) is 38.0 Å². The normalized spacial score (nSPS) is 20.1. The number of rotatable bonds is 10. The van der Waals surface area contributed by atoms with Crippen molar-refractivity contribution in [3.63, 3.8) is 0 Å². The zero-order valence-corrected chi connectivity index (χ0v) is 18.8. The summed E-state index contributed by atoms with van der Waals surface area (Å²) in [5.41, 5.74) is 3.06. The Hall–Kier alpha value is -3.41. The third-order valence-electron chi connectivity index (χ3n) is 5.83. The fourth-order valence-corrected chi connectivity index (χ4v) is 4.06. The summed E-state index contributed by atoms with van der Waals surface area (Å²) in [6.07, 6.45) is 0.607. The van der Waals surface area contributed by atoms with E-state index >= 15 is 0 Å². The first-order valence-electron chi connectivity index (χ1n) is 11.1. The molecule has 3 aromatic carbocycles. The first kappa shape index (κ1) is 22.8. The lowest BCUT2D eigenvalue weighted by molar-refractivity contribution is -0.142. The van der Waals surface area contributed by atoms with Crippen LogP contribution in [0.5, 0.6) is 5.75 Å². The lowest BCUT2D eigenvalue weighted by atomic mass is 10.1. The van der Waals surface area contributed by atoms with Crippen LogP contribution in [0.15, 0.2) is 97.6 Å². The maximum absolute atomic E-state index is 13.5. The molecule has 1 aliphatic heterocycles. The van der Waals surface area contributed by atoms with Crippen molar-refractivity contribution in [3.05, 3.63) is 114 Å². The molecule has 3 atom stereocenters. The molecule has 4 rings (SSSR count). The highest BCUT2D eigenvalue weighted by molar-refractivity contribution is 5.85. The van der Waals surface area contributed by atoms with Crippen LogP contribution in [-0.4, -0.2) is 36.2 Å². The molecule has 3 aromatic rings. The predicted molar refractivity (Wildman–Crippen MR) is 128 cm³/mol. The molecule has 5 nitrogen and oxygen atoms in total. The molecule has 0 bridgehead atoms. The number of likely N-dealkylation sites (tertiary alicyclic amines) is 1. The molecule has 0 radical (unpaired) electrons. The number of nitrogens with zero attached hydrogens (tertiary/aromatic N) is 1. The van der Waals surface area contributed by atoms with Crippen molar-refractivity contribution in [2.75, 3.05) is 7.11 Å². The van der Waals surface area contributed by atoms with Gasteiger partial charge in [-0.15, -0.1) is 6.58 Å². The second-order valence-corrected chi connectivity index (χ2v) is 8.02. The Kier molecular flexibility index (Phi) is 7.55. The van der Waals surface area contributed by atoms with Gasteiger partial charge in [-0.3, -0.25) is 4.79 Å². The van der Waals surface area contributed by atoms with Crippen LogP contribution in [0.4, 0.5) is 0 Å². The van der Waals surface area contributed by atoms with Gasteiger partial charge in [0.25, 0.3) is 5.91 Å². The molecule has 1 saturated heterocycles. The third-order valence-corrected chi connectivity index (χ3v) is 5.83. The van der Waals surface area contributed by atoms with Crippen molar-refractivity contribution < 1.29 is 19.0 Å². The third kappa shape index (κ3) is 5.51. The van der Waals surface area contributed by atoms with E-state index in [1.807, 2.05) is 84.9 Å². The van der Waals surface area contributed by atoms with Crippen LogP contribution in [0.3, 0.4) is 0 Å². The van der Waals surface area contributed by atoms with Crippen molar-refractivity contribution in [1.82, 2.24) is 4.90 Å². The fourth-order valence-electron chi connectivity index (χ4n) is 4.06. The first-order chi connectivity index (χ1) is 16.2. The Bertz CT molecular complexity index is 1040. The van der Waals surface area contributed by atoms with E-state index in [0.717, 1.165) is 22.4 Å². The average Bonchev–Trinajstić information content (AvgIpc) is 3.12. The number of amides is 1. The highest BCUT2D eigenvalue weighted by Crippen LogP contribution is 2.30. The maximum Gasteiger partial charge on any atom is 0.255 e. The Morgan fingerprint density at radius 3 is 1.94 bits per heavy atom. The summed E-state index contributed by atoms with van der Waals surface area (Å²) in [7, 11) is 1.64. The summed E-state index contributed by atoms with van der Waals surface area (Å²) >= 11 is 0. The average molecular weight is 444 g/mol. The van der Waals surface area contributed by atoms with Crippen LogP contribution >= 0.6 is 0 Å². The predicted octanol–water partition coefficient (Wildman–Crippen LogP) is 4.76. The highest BCUT2D eigenvalue weighted by atomic mass is 16.5. The minimum absolute atomic E-state index is 0.0929. The lowest BCUT2D eigenvalue weighted by Crippen LogP contribution is -2.36. The number of hydrogen-bond donors (Lipinski definition) is 0. The molecule has 1 fully saturated rings. The minimum atomic E-state index is -0.713. The van der Waals surface area contributed by atoms with Gasteiger partial charge in [0.05, 0.1) is 26.4 Å². The van der Waals surface area contributed by atoms with E-state index in [1.165, 1.54) is 0 Å². The molecule has 1 amide bonds. The Balaban J connectivity index is 1.54. The van der Waals surface area contributed by atoms with Gasteiger partial charge in [0.2, 0.25) is 0 Å². The SMILES string of the molecule is C=C[C@H]1[C@@H](OCc2ccccc2)[C@H](OCc2ccccc2)C(=O)N1Cc1ccc(OC)cc1. The van der Waals surface area contributed by atoms with E-state index in [1.54, 1.807) is 18.1 Å². The van der Waals surface area contributed by atoms with Gasteiger partial charge in [-0.2, -0.15) is 0 Å². The highest BCUT2D eigenvalue weighted by Gasteiger charge is 2.48. The van der Waals surface area contributed by atoms with Gasteiger partial charge in [-0.25, -0.2) is 0 Å². The molecule has 1 heterocycles. The monoisotopic (exact) mass is 443 g/mol. The number of methoxy groups -OCH3 is 1. The number of hydrogen-bond acceptors (Lipinski definition) is 4. The molecule has 5 heteroatoms. The molecule has 0 N–H and O–H groups in total. The molecule has 33 heavy (non-hydrogen) atoms. The molecular formula is C28H29NO4. The van der Waals surface area contributed by atoms with Gasteiger partial charge in [-0.05, 0) is 28.8 Å². The van der Waals surface area contributed by atoms with Crippen molar-refractivity contribution >= 4 is 5.91 Å². The van der Waals surface area contributed by atoms with Gasteiger partial charge in [0.15, 0.2) is 6.10 Å². The Labute approximate surface area is 195 Å². The van der Waals surface area contributed by atoms with Gasteiger partial charge in [0, 0.05) is 6.54 Å². The summed E-state index contributed by atoms with van der Waals surface area (Å²) in [4.78, 5) is 15.3. The van der Waals surface area contributed by atoms with E-state index in [9.17, 15) is 4.79 Å². The van der Waals surface area contributed by atoms with Gasteiger partial charge < -0.3 is 19.1 Å². The molecule has 0 aliphatic carbocycles. The summed E-state index contributed by atoms with van der Waals surface area (Å²) in [5, 5.41) is 0. The zero-order valence-electron chi connectivity index (χ0n) is 18.8. The van der Waals surface area contributed by atoms with Crippen molar-refractivity contribution in [3.8, 4) is 5.75 Å². The van der Waals surface area contributed by atoms with E-state index in [4.69, 9.17) is 14.2 Å². The van der Waals surface area contributed by atoms with Crippen LogP contribution in [0.25, 0.3) is 0 Å². The maximum atomic E-state index is 13.5. The second-order valence-electron chi connectivity index (χ2n) is 8.02. The zero-order chi connectivity index (χ0) is 23.0. The lowest BCUT2D eigenvalue weighted by Gasteiger charge is -2.25. The Morgan fingerprint density at radius 1 is 0.818 bits per heavy atom. The minimum Gasteiger partial charge on any atom is -0.497 e. The van der Waals surface area contributed by atoms with E-state index in [-0.39, 0.29) is 11.9 Å². The number of benzene rings is 3. The summed E-state index contributed by atoms with van der Waals surface area (Å²) in [6, 6.07) is 27.2. The first-order valence-corrected chi connectivity index (χ1v) is 11.1. The van der Waals surface area contributed by atoms with E-state index < -0.39 is 12.2 Å². The molecule has 0 unspecified atom stereocenters. The fraction of sp³-hybridized carbons (Fsp3) is 0.250. The van der Waals surface area contributed by atoms with Crippen LogP contribution in [0.2, 0.25) is 0 Å². The van der Waals surface area contributed by atoms with Crippen molar-refractivity contribution in [2.24, 2.45) is 0 Å². The van der Waals surface area contributed by atoms with Crippen LogP contribution in [0.1, 0.15) is 16.7 Å². The van der Waals surface area contributed by atoms with Crippen LogP contribution < -0.4 is 4.74 Å². The standard InChI is InChI=1S/C28H29NO4/c1-3-25-26(32-19-22-10-6-4-7-11-22)27(33-20-23-12-8-5-9-13-23)28(30)29(25)18-21-14-16-24(31-2)17-15-21/h3-17,25-27H,1,18-20H2,2H3/t25-,26+,27-/m0/s1. The molecule has 0 saturated carbocycles. The summed E-state index contributed by atoms with van der Waals surface area (Å²) < 4.78 is 17.7. The van der Waals surface area contributed by atoms with Gasteiger partial charge >= 0.3 is 0 Å². The molecule has 0 aromatic heterocycles. The number of carbonyl (C=O) groups excluding carboxylic acids is 1. The molecule has 170 valence electrons. The second kappa shape index (κ2) is 10.9. The topological polar surface area (TPSA) is 48.0 Å². The van der Waals surface area contributed by atoms with Gasteiger partial charge in [0.1, 0.15) is 11.9 Å². The number of ether oxygens (including phenoxy) is 3. The smallest absolute Gasteiger partial charge is 0.255 e. The molecular weight excluding hydrogens is 414 g/mol. The van der Waals surface area contributed by atoms with Crippen molar-refractivity contribution in [1.29, 1.82) is 0 Å². The van der Waals surface area contributed by atoms with E-state index in [0.29, 0.717) is 19.8 Å². The largest absolute Gasteiger partial charge is 0.497 e. The van der Waals surface area contributed by atoms with Crippen LogP contribution in [0, 0.1) is 0 Å². The number of carbonyl (C=O) groups is 1. The Morgan fingerprint density at radius 2 is 1.39 bits per heavy atom. The van der Waals surface area contributed by atoms with Gasteiger partial charge in [-0.1, -0.05) is 78.9 Å². The molecule has 0 spiro atoms. The molecule has 1 aliphatic rings. The summed E-state index contributed by atoms with van der Waals surface area (Å²) in [5.74, 6) is 0.685. The van der Waals surface area contributed by atoms with Crippen LogP contribution in [-0.2, 0) is 34.0 Å². The summed E-state index contributed by atoms with van der Waals surface area (Å²) in [6.45, 7) is 5.17. The quantitative estimate of drug-likeness (QED) is 0.424. The van der Waals surface area contributed by atoms with E-state index in [2.05, 4.69) is 6.58 Å².